The number of ether oxygens (including phenoxy) is 1. The van der Waals surface area contributed by atoms with Crippen LogP contribution in [0.2, 0.25) is 5.02 Å². The Morgan fingerprint density at radius 3 is 2.67 bits per heavy atom. The largest absolute Gasteiger partial charge is 0.478 e. The van der Waals surface area contributed by atoms with Crippen molar-refractivity contribution in [1.29, 1.82) is 0 Å². The van der Waals surface area contributed by atoms with E-state index in [4.69, 9.17) is 16.3 Å². The molecule has 2 aromatic carbocycles. The van der Waals surface area contributed by atoms with Gasteiger partial charge >= 0.3 is 0 Å². The number of fused-ring (bicyclic) bond motifs is 1. The molecule has 7 heteroatoms. The van der Waals surface area contributed by atoms with Crippen molar-refractivity contribution >= 4 is 28.4 Å². The number of carbonyl (C=O) groups excluding carboxylic acids is 1. The van der Waals surface area contributed by atoms with Crippen LogP contribution in [0.1, 0.15) is 54.9 Å². The molecule has 1 N–H and O–H groups in total. The van der Waals surface area contributed by atoms with Gasteiger partial charge in [0, 0.05) is 23.7 Å². The van der Waals surface area contributed by atoms with Crippen molar-refractivity contribution in [2.45, 2.75) is 51.6 Å². The third-order valence-electron chi connectivity index (χ3n) is 7.75. The first-order valence-electron chi connectivity index (χ1n) is 12.7. The van der Waals surface area contributed by atoms with Crippen molar-refractivity contribution in [1.82, 2.24) is 20.1 Å². The molecule has 1 spiro atoms. The summed E-state index contributed by atoms with van der Waals surface area (Å²) in [5.74, 6) is 0.574. The first-order valence-corrected chi connectivity index (χ1v) is 13.0. The first-order chi connectivity index (χ1) is 17.5. The molecular weight excluding hydrogens is 472 g/mol. The monoisotopic (exact) mass is 500 g/mol. The number of rotatable bonds is 7. The summed E-state index contributed by atoms with van der Waals surface area (Å²) in [5.41, 5.74) is 5.13. The van der Waals surface area contributed by atoms with E-state index in [1.165, 1.54) is 19.3 Å². The third-order valence-corrected chi connectivity index (χ3v) is 8.08. The zero-order valence-electron chi connectivity index (χ0n) is 20.3. The number of hydrogen-bond acceptors (Lipinski definition) is 4. The Bertz CT molecular complexity index is 1420. The first kappa shape index (κ1) is 23.0. The van der Waals surface area contributed by atoms with Crippen LogP contribution in [0.4, 0.5) is 0 Å². The molecule has 2 aromatic heterocycles. The van der Waals surface area contributed by atoms with Crippen molar-refractivity contribution in [3.8, 4) is 17.0 Å². The van der Waals surface area contributed by atoms with E-state index in [1.54, 1.807) is 18.5 Å². The smallest absolute Gasteiger partial charge is 0.253 e. The van der Waals surface area contributed by atoms with Crippen LogP contribution >= 0.6 is 11.6 Å². The van der Waals surface area contributed by atoms with Crippen molar-refractivity contribution < 1.29 is 9.53 Å². The zero-order chi connectivity index (χ0) is 24.7. The molecule has 0 atom stereocenters. The number of nitrogens with zero attached hydrogens (tertiary/aromatic N) is 3. The number of hydrogen-bond donors (Lipinski definition) is 1. The minimum absolute atomic E-state index is 0.0456. The predicted molar refractivity (Wildman–Crippen MR) is 141 cm³/mol. The molecule has 0 unspecified atom stereocenters. The summed E-state index contributed by atoms with van der Waals surface area (Å²) in [6, 6.07) is 16.1. The van der Waals surface area contributed by atoms with E-state index in [1.807, 2.05) is 29.8 Å². The lowest BCUT2D eigenvalue weighted by Crippen LogP contribution is -2.53. The molecule has 0 aliphatic heterocycles. The van der Waals surface area contributed by atoms with E-state index in [0.717, 1.165) is 40.4 Å². The van der Waals surface area contributed by atoms with Gasteiger partial charge in [0.2, 0.25) is 5.88 Å². The number of benzene rings is 2. The fourth-order valence-electron chi connectivity index (χ4n) is 5.70. The third kappa shape index (κ3) is 4.24. The van der Waals surface area contributed by atoms with Gasteiger partial charge in [-0.15, -0.1) is 0 Å². The molecule has 2 saturated carbocycles. The lowest BCUT2D eigenvalue weighted by atomic mass is 9.54. The van der Waals surface area contributed by atoms with E-state index in [9.17, 15) is 4.79 Å². The van der Waals surface area contributed by atoms with Gasteiger partial charge in [-0.2, -0.15) is 5.10 Å². The van der Waals surface area contributed by atoms with Crippen LogP contribution in [0.5, 0.6) is 5.88 Å². The van der Waals surface area contributed by atoms with Gasteiger partial charge in [-0.3, -0.25) is 9.48 Å². The average Bonchev–Trinajstić information content (AvgIpc) is 3.25. The van der Waals surface area contributed by atoms with Crippen LogP contribution in [0.3, 0.4) is 0 Å². The number of pyridine rings is 1. The molecule has 0 saturated heterocycles. The van der Waals surface area contributed by atoms with Gasteiger partial charge in [-0.25, -0.2) is 4.98 Å². The summed E-state index contributed by atoms with van der Waals surface area (Å²) in [5, 5.41) is 9.24. The van der Waals surface area contributed by atoms with Gasteiger partial charge < -0.3 is 10.1 Å². The predicted octanol–water partition coefficient (Wildman–Crippen LogP) is 6.26. The molecule has 2 fully saturated rings. The Morgan fingerprint density at radius 1 is 1.14 bits per heavy atom. The zero-order valence-corrected chi connectivity index (χ0v) is 21.1. The van der Waals surface area contributed by atoms with E-state index in [0.29, 0.717) is 35.0 Å². The quantitative estimate of drug-likeness (QED) is 0.325. The molecule has 6 nitrogen and oxygen atoms in total. The van der Waals surface area contributed by atoms with Crippen LogP contribution in [0.15, 0.2) is 60.9 Å². The number of carbonyl (C=O) groups is 1. The Balaban J connectivity index is 1.23. The molecule has 1 amide bonds. The summed E-state index contributed by atoms with van der Waals surface area (Å²) >= 11 is 6.48. The minimum atomic E-state index is -0.0456. The van der Waals surface area contributed by atoms with Crippen molar-refractivity contribution in [2.24, 2.45) is 5.41 Å². The molecular formula is C29H29ClN4O2. The number of aromatic nitrogens is 3. The van der Waals surface area contributed by atoms with E-state index in [-0.39, 0.29) is 11.9 Å². The van der Waals surface area contributed by atoms with Gasteiger partial charge in [-0.05, 0) is 72.9 Å². The fourth-order valence-corrected chi connectivity index (χ4v) is 5.90. The summed E-state index contributed by atoms with van der Waals surface area (Å²) in [6.45, 7) is 3.07. The summed E-state index contributed by atoms with van der Waals surface area (Å²) in [4.78, 5) is 17.5. The summed E-state index contributed by atoms with van der Waals surface area (Å²) in [7, 11) is 0. The molecule has 36 heavy (non-hydrogen) atoms. The second-order valence-electron chi connectivity index (χ2n) is 10.1. The Labute approximate surface area is 215 Å². The number of halogens is 1. The maximum atomic E-state index is 13.3. The number of nitrogens with one attached hydrogen (secondary N) is 1. The van der Waals surface area contributed by atoms with E-state index < -0.39 is 0 Å². The topological polar surface area (TPSA) is 69.0 Å². The molecule has 6 rings (SSSR count). The minimum Gasteiger partial charge on any atom is -0.478 e. The second kappa shape index (κ2) is 9.25. The van der Waals surface area contributed by atoms with Gasteiger partial charge in [0.05, 0.1) is 35.5 Å². The molecule has 2 aliphatic rings. The second-order valence-corrected chi connectivity index (χ2v) is 10.5. The van der Waals surface area contributed by atoms with E-state index >= 15 is 0 Å². The highest BCUT2D eigenvalue weighted by Gasteiger charge is 2.48. The van der Waals surface area contributed by atoms with Crippen LogP contribution in [-0.4, -0.2) is 33.3 Å². The summed E-state index contributed by atoms with van der Waals surface area (Å²) < 4.78 is 7.40. The van der Waals surface area contributed by atoms with Crippen LogP contribution in [-0.2, 0) is 6.54 Å². The average molecular weight is 501 g/mol. The SMILES string of the molecule is CCOc1cc(-c2ccc(Cn3ncc4c(Cl)ccc(C(=O)NC5CC6(CCC6)C5)c43)cc2)ccn1. The molecule has 4 aromatic rings. The lowest BCUT2D eigenvalue weighted by molar-refractivity contribution is -0.000604. The van der Waals surface area contributed by atoms with Gasteiger partial charge in [-0.1, -0.05) is 42.3 Å². The Kier molecular flexibility index (Phi) is 5.92. The van der Waals surface area contributed by atoms with Gasteiger partial charge in [0.25, 0.3) is 5.91 Å². The van der Waals surface area contributed by atoms with Gasteiger partial charge in [0.1, 0.15) is 0 Å². The van der Waals surface area contributed by atoms with Crippen LogP contribution in [0.25, 0.3) is 22.0 Å². The standard InChI is InChI=1S/C29H29ClN4O2/c1-2-36-26-14-21(10-13-31-26)20-6-4-19(5-7-20)18-34-27-23(8-9-25(30)24(27)17-32-34)28(35)33-22-15-29(16-22)11-3-12-29/h4-10,13-14,17,22H,2-3,11-12,15-16,18H2,1H3,(H,33,35). The highest BCUT2D eigenvalue weighted by Crippen LogP contribution is 2.55. The fraction of sp³-hybridized carbons (Fsp3) is 0.345. The van der Waals surface area contributed by atoms with Crippen molar-refractivity contribution in [3.63, 3.8) is 0 Å². The highest BCUT2D eigenvalue weighted by molar-refractivity contribution is 6.36. The molecule has 0 bridgehead atoms. The van der Waals surface area contributed by atoms with Crippen LogP contribution < -0.4 is 10.1 Å². The highest BCUT2D eigenvalue weighted by atomic mass is 35.5. The summed E-state index contributed by atoms with van der Waals surface area (Å²) in [6.07, 6.45) is 9.67. The normalized spacial score (nSPS) is 16.5. The van der Waals surface area contributed by atoms with E-state index in [2.05, 4.69) is 39.7 Å². The molecule has 2 heterocycles. The number of amides is 1. The maximum absolute atomic E-state index is 13.3. The maximum Gasteiger partial charge on any atom is 0.253 e. The van der Waals surface area contributed by atoms with Gasteiger partial charge in [0.15, 0.2) is 0 Å². The Morgan fingerprint density at radius 2 is 1.94 bits per heavy atom. The van der Waals surface area contributed by atoms with Crippen LogP contribution in [0, 0.1) is 5.41 Å². The Hall–Kier alpha value is -3.38. The molecule has 184 valence electrons. The molecule has 0 radical (unpaired) electrons. The lowest BCUT2D eigenvalue weighted by Gasteiger charge is -2.54. The van der Waals surface area contributed by atoms with Crippen molar-refractivity contribution in [3.05, 3.63) is 77.1 Å². The molecule has 2 aliphatic carbocycles. The van der Waals surface area contributed by atoms with Crippen molar-refractivity contribution in [2.75, 3.05) is 6.61 Å².